The summed E-state index contributed by atoms with van der Waals surface area (Å²) in [6.07, 6.45) is 2.00. The van der Waals surface area contributed by atoms with E-state index in [9.17, 15) is 0 Å². The highest BCUT2D eigenvalue weighted by Gasteiger charge is 2.14. The highest BCUT2D eigenvalue weighted by molar-refractivity contribution is 6.01. The molecule has 0 saturated carbocycles. The van der Waals surface area contributed by atoms with E-state index in [4.69, 9.17) is 0 Å². The van der Waals surface area contributed by atoms with Crippen LogP contribution in [0.5, 0.6) is 0 Å². The zero-order chi connectivity index (χ0) is 16.5. The van der Waals surface area contributed by atoms with Crippen LogP contribution in [0.15, 0.2) is 60.8 Å². The van der Waals surface area contributed by atoms with Crippen LogP contribution in [0.2, 0.25) is 0 Å². The molecule has 2 aromatic heterocycles. The van der Waals surface area contributed by atoms with E-state index in [0.29, 0.717) is 0 Å². The molecule has 0 aliphatic carbocycles. The Balaban J connectivity index is 1.89. The molecular weight excluding hydrogens is 296 g/mol. The number of benzene rings is 2. The third kappa shape index (κ3) is 2.63. The number of H-pyrrole nitrogens is 1. The lowest BCUT2D eigenvalue weighted by molar-refractivity contribution is 1.08. The molecule has 0 spiro atoms. The Kier molecular flexibility index (Phi) is 3.50. The van der Waals surface area contributed by atoms with Gasteiger partial charge in [0.15, 0.2) is 0 Å². The fourth-order valence-electron chi connectivity index (χ4n) is 2.94. The third-order valence-electron chi connectivity index (χ3n) is 4.01. The van der Waals surface area contributed by atoms with Gasteiger partial charge in [0.05, 0.1) is 5.39 Å². The number of hydrogen-bond acceptors (Lipinski definition) is 3. The SMILES string of the molecule is Cc1cccc(Nc2nc(C)nc3[nH]cc(-c4ccccc4)c23)c1. The smallest absolute Gasteiger partial charge is 0.144 e. The highest BCUT2D eigenvalue weighted by Crippen LogP contribution is 2.33. The van der Waals surface area contributed by atoms with E-state index >= 15 is 0 Å². The van der Waals surface area contributed by atoms with Crippen molar-refractivity contribution in [2.75, 3.05) is 5.32 Å². The van der Waals surface area contributed by atoms with Crippen molar-refractivity contribution in [2.24, 2.45) is 0 Å². The lowest BCUT2D eigenvalue weighted by Gasteiger charge is -2.10. The first-order valence-corrected chi connectivity index (χ1v) is 7.95. The van der Waals surface area contributed by atoms with Crippen LogP contribution in [0.1, 0.15) is 11.4 Å². The lowest BCUT2D eigenvalue weighted by atomic mass is 10.1. The Morgan fingerprint density at radius 3 is 2.54 bits per heavy atom. The number of aromatic amines is 1. The van der Waals surface area contributed by atoms with Gasteiger partial charge in [-0.15, -0.1) is 0 Å². The van der Waals surface area contributed by atoms with Crippen molar-refractivity contribution < 1.29 is 0 Å². The Bertz CT molecular complexity index is 1000. The first-order valence-electron chi connectivity index (χ1n) is 7.95. The maximum atomic E-state index is 4.64. The minimum Gasteiger partial charge on any atom is -0.345 e. The van der Waals surface area contributed by atoms with Crippen LogP contribution < -0.4 is 5.32 Å². The number of fused-ring (bicyclic) bond motifs is 1. The van der Waals surface area contributed by atoms with Crippen molar-refractivity contribution in [1.82, 2.24) is 15.0 Å². The molecule has 24 heavy (non-hydrogen) atoms. The van der Waals surface area contributed by atoms with E-state index in [2.05, 4.69) is 51.5 Å². The van der Waals surface area contributed by atoms with Crippen LogP contribution in [0.25, 0.3) is 22.2 Å². The van der Waals surface area contributed by atoms with Gasteiger partial charge in [-0.1, -0.05) is 42.5 Å². The minimum absolute atomic E-state index is 0.735. The van der Waals surface area contributed by atoms with E-state index in [-0.39, 0.29) is 0 Å². The summed E-state index contributed by atoms with van der Waals surface area (Å²) in [5.74, 6) is 1.56. The van der Waals surface area contributed by atoms with Crippen LogP contribution in [0.3, 0.4) is 0 Å². The molecule has 0 amide bonds. The molecule has 0 saturated heterocycles. The maximum Gasteiger partial charge on any atom is 0.144 e. The van der Waals surface area contributed by atoms with Crippen molar-refractivity contribution >= 4 is 22.5 Å². The van der Waals surface area contributed by atoms with Gasteiger partial charge in [0.25, 0.3) is 0 Å². The monoisotopic (exact) mass is 314 g/mol. The van der Waals surface area contributed by atoms with Crippen LogP contribution in [-0.2, 0) is 0 Å². The fourth-order valence-corrected chi connectivity index (χ4v) is 2.94. The zero-order valence-electron chi connectivity index (χ0n) is 13.7. The standard InChI is InChI=1S/C20H18N4/c1-13-7-6-10-16(11-13)24-20-18-17(15-8-4-3-5-9-15)12-21-19(18)22-14(2)23-20/h3-12H,1-2H3,(H2,21,22,23,24). The quantitative estimate of drug-likeness (QED) is 0.560. The Morgan fingerprint density at radius 2 is 1.75 bits per heavy atom. The van der Waals surface area contributed by atoms with Gasteiger partial charge in [-0.05, 0) is 37.1 Å². The summed E-state index contributed by atoms with van der Waals surface area (Å²) in [5.41, 5.74) is 5.31. The van der Waals surface area contributed by atoms with Gasteiger partial charge >= 0.3 is 0 Å². The molecule has 0 radical (unpaired) electrons. The van der Waals surface area contributed by atoms with E-state index < -0.39 is 0 Å². The first kappa shape index (κ1) is 14.5. The summed E-state index contributed by atoms with van der Waals surface area (Å²) in [6, 6.07) is 18.6. The zero-order valence-corrected chi connectivity index (χ0v) is 13.7. The summed E-state index contributed by atoms with van der Waals surface area (Å²) in [5, 5.41) is 4.46. The Hall–Kier alpha value is -3.14. The summed E-state index contributed by atoms with van der Waals surface area (Å²) in [4.78, 5) is 12.5. The van der Waals surface area contributed by atoms with Crippen LogP contribution in [0.4, 0.5) is 11.5 Å². The summed E-state index contributed by atoms with van der Waals surface area (Å²) >= 11 is 0. The van der Waals surface area contributed by atoms with Gasteiger partial charge in [0, 0.05) is 17.4 Å². The second kappa shape index (κ2) is 5.81. The number of nitrogens with zero attached hydrogens (tertiary/aromatic N) is 2. The van der Waals surface area contributed by atoms with Crippen molar-refractivity contribution in [3.05, 3.63) is 72.2 Å². The molecule has 2 aromatic carbocycles. The van der Waals surface area contributed by atoms with Crippen LogP contribution in [0, 0.1) is 13.8 Å². The summed E-state index contributed by atoms with van der Waals surface area (Å²) < 4.78 is 0. The average molecular weight is 314 g/mol. The Labute approximate surface area is 140 Å². The van der Waals surface area contributed by atoms with E-state index in [1.54, 1.807) is 0 Å². The molecule has 0 aliphatic heterocycles. The molecule has 0 aliphatic rings. The molecule has 4 nitrogen and oxygen atoms in total. The van der Waals surface area contributed by atoms with Crippen LogP contribution >= 0.6 is 0 Å². The van der Waals surface area contributed by atoms with E-state index in [1.807, 2.05) is 43.5 Å². The van der Waals surface area contributed by atoms with Crippen molar-refractivity contribution in [3.63, 3.8) is 0 Å². The van der Waals surface area contributed by atoms with Gasteiger partial charge in [-0.25, -0.2) is 9.97 Å². The number of anilines is 2. The topological polar surface area (TPSA) is 53.6 Å². The average Bonchev–Trinajstić information content (AvgIpc) is 2.99. The van der Waals surface area contributed by atoms with Gasteiger partial charge in [-0.2, -0.15) is 0 Å². The van der Waals surface area contributed by atoms with E-state index in [0.717, 1.165) is 39.5 Å². The van der Waals surface area contributed by atoms with Gasteiger partial charge in [-0.3, -0.25) is 0 Å². The predicted octanol–water partition coefficient (Wildman–Crippen LogP) is 4.99. The molecule has 2 N–H and O–H groups in total. The molecule has 4 rings (SSSR count). The minimum atomic E-state index is 0.735. The lowest BCUT2D eigenvalue weighted by Crippen LogP contribution is -1.99. The molecular formula is C20H18N4. The number of rotatable bonds is 3. The summed E-state index contributed by atoms with van der Waals surface area (Å²) in [7, 11) is 0. The molecule has 118 valence electrons. The van der Waals surface area contributed by atoms with Gasteiger partial charge in [0.1, 0.15) is 17.3 Å². The molecule has 2 heterocycles. The fraction of sp³-hybridized carbons (Fsp3) is 0.100. The molecule has 0 fully saturated rings. The highest BCUT2D eigenvalue weighted by atomic mass is 15.1. The number of nitrogens with one attached hydrogen (secondary N) is 2. The van der Waals surface area contributed by atoms with E-state index in [1.165, 1.54) is 5.56 Å². The Morgan fingerprint density at radius 1 is 0.917 bits per heavy atom. The second-order valence-electron chi connectivity index (χ2n) is 5.91. The first-order chi connectivity index (χ1) is 11.7. The van der Waals surface area contributed by atoms with Crippen molar-refractivity contribution in [3.8, 4) is 11.1 Å². The van der Waals surface area contributed by atoms with Crippen LogP contribution in [-0.4, -0.2) is 15.0 Å². The third-order valence-corrected chi connectivity index (χ3v) is 4.01. The number of hydrogen-bond donors (Lipinski definition) is 2. The number of aryl methyl sites for hydroxylation is 2. The molecule has 0 unspecified atom stereocenters. The molecule has 4 aromatic rings. The van der Waals surface area contributed by atoms with Crippen molar-refractivity contribution in [1.29, 1.82) is 0 Å². The normalized spacial score (nSPS) is 10.9. The maximum absolute atomic E-state index is 4.64. The number of aromatic nitrogens is 3. The molecule has 0 atom stereocenters. The second-order valence-corrected chi connectivity index (χ2v) is 5.91. The molecule has 4 heteroatoms. The molecule has 0 bridgehead atoms. The van der Waals surface area contributed by atoms with Crippen molar-refractivity contribution in [2.45, 2.75) is 13.8 Å². The van der Waals surface area contributed by atoms with Gasteiger partial charge in [0.2, 0.25) is 0 Å². The summed E-state index contributed by atoms with van der Waals surface area (Å²) in [6.45, 7) is 3.99. The van der Waals surface area contributed by atoms with Gasteiger partial charge < -0.3 is 10.3 Å². The largest absolute Gasteiger partial charge is 0.345 e. The predicted molar refractivity (Wildman–Crippen MR) is 98.5 cm³/mol.